The molecule has 0 aliphatic carbocycles. The third-order valence-corrected chi connectivity index (χ3v) is 7.22. The maximum absolute atomic E-state index is 13.1. The standard InChI is InChI=1S/C29H28N2O3S2/c1-19-15-20(2)27(21(3)16-19)30-26(32)18-34-24-12-8-7-11-23(24)17-25-28(33)31(29(35)36-25)14-13-22-9-5-4-6-10-22/h4-12,15-17H,13-14,18H2,1-3H3,(H,30,32)/b25-17-. The fourth-order valence-corrected chi connectivity index (χ4v) is 5.45. The SMILES string of the molecule is Cc1cc(C)c(NC(=O)COc2ccccc2/C=C2\SC(=S)N(CCc3ccccc3)C2=O)c(C)c1. The van der Waals surface area contributed by atoms with Crippen LogP contribution in [-0.4, -0.2) is 34.2 Å². The van der Waals surface area contributed by atoms with Crippen LogP contribution in [0.4, 0.5) is 5.69 Å². The summed E-state index contributed by atoms with van der Waals surface area (Å²) < 4.78 is 6.40. The first kappa shape index (κ1) is 25.7. The zero-order valence-electron chi connectivity index (χ0n) is 20.5. The van der Waals surface area contributed by atoms with Gasteiger partial charge in [-0.3, -0.25) is 14.5 Å². The van der Waals surface area contributed by atoms with Crippen LogP contribution < -0.4 is 10.1 Å². The van der Waals surface area contributed by atoms with E-state index in [9.17, 15) is 9.59 Å². The number of carbonyl (C=O) groups excluding carboxylic acids is 2. The van der Waals surface area contributed by atoms with Crippen molar-refractivity contribution in [1.29, 1.82) is 0 Å². The normalized spacial score (nSPS) is 14.4. The summed E-state index contributed by atoms with van der Waals surface area (Å²) in [6.45, 7) is 6.37. The molecule has 0 spiro atoms. The van der Waals surface area contributed by atoms with E-state index in [2.05, 4.69) is 5.32 Å². The van der Waals surface area contributed by atoms with Crippen molar-refractivity contribution >= 4 is 51.9 Å². The van der Waals surface area contributed by atoms with Crippen LogP contribution >= 0.6 is 24.0 Å². The molecule has 1 aliphatic heterocycles. The number of hydrogen-bond donors (Lipinski definition) is 1. The number of anilines is 1. The second-order valence-electron chi connectivity index (χ2n) is 8.72. The van der Waals surface area contributed by atoms with Gasteiger partial charge in [0.25, 0.3) is 11.8 Å². The molecule has 3 aromatic carbocycles. The van der Waals surface area contributed by atoms with Gasteiger partial charge >= 0.3 is 0 Å². The zero-order valence-corrected chi connectivity index (χ0v) is 22.2. The van der Waals surface area contributed by atoms with Crippen LogP contribution in [0.5, 0.6) is 5.75 Å². The van der Waals surface area contributed by atoms with E-state index in [0.717, 1.165) is 39.9 Å². The van der Waals surface area contributed by atoms with E-state index in [4.69, 9.17) is 17.0 Å². The molecule has 184 valence electrons. The van der Waals surface area contributed by atoms with E-state index in [0.29, 0.717) is 21.5 Å². The molecule has 36 heavy (non-hydrogen) atoms. The molecule has 0 atom stereocenters. The van der Waals surface area contributed by atoms with E-state index in [-0.39, 0.29) is 18.4 Å². The van der Waals surface area contributed by atoms with Crippen molar-refractivity contribution in [2.24, 2.45) is 0 Å². The van der Waals surface area contributed by atoms with Crippen LogP contribution in [0.15, 0.2) is 71.6 Å². The van der Waals surface area contributed by atoms with Crippen LogP contribution in [-0.2, 0) is 16.0 Å². The van der Waals surface area contributed by atoms with Crippen molar-refractivity contribution in [3.8, 4) is 5.75 Å². The van der Waals surface area contributed by atoms with Crippen molar-refractivity contribution < 1.29 is 14.3 Å². The van der Waals surface area contributed by atoms with Gasteiger partial charge in [-0.1, -0.05) is 90.2 Å². The van der Waals surface area contributed by atoms with Crippen molar-refractivity contribution in [3.63, 3.8) is 0 Å². The summed E-state index contributed by atoms with van der Waals surface area (Å²) in [6.07, 6.45) is 2.51. The summed E-state index contributed by atoms with van der Waals surface area (Å²) in [7, 11) is 0. The van der Waals surface area contributed by atoms with Crippen molar-refractivity contribution in [3.05, 3.63) is 99.5 Å². The number of hydrogen-bond acceptors (Lipinski definition) is 5. The molecule has 0 radical (unpaired) electrons. The second kappa shape index (κ2) is 11.5. The topological polar surface area (TPSA) is 58.6 Å². The summed E-state index contributed by atoms with van der Waals surface area (Å²) in [5, 5.41) is 2.95. The Bertz CT molecular complexity index is 1310. The zero-order chi connectivity index (χ0) is 25.7. The minimum Gasteiger partial charge on any atom is -0.483 e. The van der Waals surface area contributed by atoms with Crippen LogP contribution in [0.25, 0.3) is 6.08 Å². The van der Waals surface area contributed by atoms with Crippen LogP contribution in [0.1, 0.15) is 27.8 Å². The van der Waals surface area contributed by atoms with E-state index in [1.807, 2.05) is 81.4 Å². The van der Waals surface area contributed by atoms with E-state index in [1.54, 1.807) is 17.0 Å². The number of amides is 2. The number of rotatable bonds is 8. The van der Waals surface area contributed by atoms with Crippen LogP contribution in [0.2, 0.25) is 0 Å². The van der Waals surface area contributed by atoms with Crippen molar-refractivity contribution in [2.45, 2.75) is 27.2 Å². The Morgan fingerprint density at radius 3 is 2.42 bits per heavy atom. The Hall–Kier alpha value is -3.42. The summed E-state index contributed by atoms with van der Waals surface area (Å²) in [5.74, 6) is 0.172. The van der Waals surface area contributed by atoms with Crippen molar-refractivity contribution in [2.75, 3.05) is 18.5 Å². The lowest BCUT2D eigenvalue weighted by Gasteiger charge is -2.14. The Morgan fingerprint density at radius 2 is 1.69 bits per heavy atom. The monoisotopic (exact) mass is 516 g/mol. The molecule has 2 amide bonds. The van der Waals surface area contributed by atoms with Crippen molar-refractivity contribution in [1.82, 2.24) is 4.90 Å². The maximum atomic E-state index is 13.1. The molecule has 4 rings (SSSR count). The number of ether oxygens (including phenoxy) is 1. The Kier molecular flexibility index (Phi) is 8.23. The predicted molar refractivity (Wildman–Crippen MR) is 151 cm³/mol. The molecule has 1 fully saturated rings. The first-order chi connectivity index (χ1) is 17.3. The molecule has 0 saturated carbocycles. The molecular weight excluding hydrogens is 488 g/mol. The van der Waals surface area contributed by atoms with Gasteiger partial charge in [0.1, 0.15) is 10.1 Å². The molecular formula is C29H28N2O3S2. The highest BCUT2D eigenvalue weighted by atomic mass is 32.2. The first-order valence-corrected chi connectivity index (χ1v) is 12.9. The summed E-state index contributed by atoms with van der Waals surface area (Å²) >= 11 is 6.76. The fraction of sp³-hybridized carbons (Fsp3) is 0.207. The molecule has 1 N–H and O–H groups in total. The quantitative estimate of drug-likeness (QED) is 0.291. The molecule has 0 unspecified atom stereocenters. The third-order valence-electron chi connectivity index (χ3n) is 5.85. The van der Waals surface area contributed by atoms with Crippen LogP contribution in [0.3, 0.4) is 0 Å². The van der Waals surface area contributed by atoms with Gasteiger partial charge < -0.3 is 10.1 Å². The number of para-hydroxylation sites is 1. The molecule has 7 heteroatoms. The van der Waals surface area contributed by atoms with Gasteiger partial charge in [-0.2, -0.15) is 0 Å². The number of carbonyl (C=O) groups is 2. The first-order valence-electron chi connectivity index (χ1n) is 11.7. The minimum absolute atomic E-state index is 0.112. The lowest BCUT2D eigenvalue weighted by molar-refractivity contribution is -0.122. The number of aryl methyl sites for hydroxylation is 3. The molecule has 1 saturated heterocycles. The molecule has 5 nitrogen and oxygen atoms in total. The molecule has 0 aromatic heterocycles. The van der Waals surface area contributed by atoms with Gasteiger partial charge in [0.05, 0.1) is 4.91 Å². The second-order valence-corrected chi connectivity index (χ2v) is 10.4. The summed E-state index contributed by atoms with van der Waals surface area (Å²) in [6, 6.07) is 21.5. The Labute approximate surface area is 221 Å². The van der Waals surface area contributed by atoms with Gasteiger partial charge in [0, 0.05) is 17.8 Å². The van der Waals surface area contributed by atoms with Gasteiger partial charge in [-0.15, -0.1) is 0 Å². The largest absolute Gasteiger partial charge is 0.483 e. The fourth-order valence-electron chi connectivity index (χ4n) is 4.15. The predicted octanol–water partition coefficient (Wildman–Crippen LogP) is 6.07. The highest BCUT2D eigenvalue weighted by Gasteiger charge is 2.31. The van der Waals surface area contributed by atoms with Gasteiger partial charge in [0.2, 0.25) is 0 Å². The Balaban J connectivity index is 1.42. The van der Waals surface area contributed by atoms with Crippen LogP contribution in [0, 0.1) is 20.8 Å². The van der Waals surface area contributed by atoms with Gasteiger partial charge in [0.15, 0.2) is 6.61 Å². The number of nitrogens with zero attached hydrogens (tertiary/aromatic N) is 1. The summed E-state index contributed by atoms with van der Waals surface area (Å²) in [5.41, 5.74) is 5.85. The average Bonchev–Trinajstić information content (AvgIpc) is 3.12. The maximum Gasteiger partial charge on any atom is 0.266 e. The molecule has 1 heterocycles. The average molecular weight is 517 g/mol. The summed E-state index contributed by atoms with van der Waals surface area (Å²) in [4.78, 5) is 27.9. The highest BCUT2D eigenvalue weighted by molar-refractivity contribution is 8.26. The molecule has 3 aromatic rings. The van der Waals surface area contributed by atoms with E-state index in [1.165, 1.54) is 11.8 Å². The van der Waals surface area contributed by atoms with E-state index >= 15 is 0 Å². The van der Waals surface area contributed by atoms with Gasteiger partial charge in [-0.05, 0) is 56.0 Å². The number of thioether (sulfide) groups is 1. The lowest BCUT2D eigenvalue weighted by atomic mass is 10.1. The highest BCUT2D eigenvalue weighted by Crippen LogP contribution is 2.34. The molecule has 1 aliphatic rings. The number of thiocarbonyl (C=S) groups is 1. The van der Waals surface area contributed by atoms with E-state index < -0.39 is 0 Å². The third kappa shape index (κ3) is 6.22. The minimum atomic E-state index is -0.243. The molecule has 0 bridgehead atoms. The number of benzene rings is 3. The van der Waals surface area contributed by atoms with Gasteiger partial charge in [-0.25, -0.2) is 0 Å². The number of nitrogens with one attached hydrogen (secondary N) is 1. The Morgan fingerprint density at radius 1 is 1.03 bits per heavy atom. The smallest absolute Gasteiger partial charge is 0.266 e. The lowest BCUT2D eigenvalue weighted by Crippen LogP contribution is -2.30.